The summed E-state index contributed by atoms with van der Waals surface area (Å²) in [6.45, 7) is 1.79. The Morgan fingerprint density at radius 2 is 2.29 bits per heavy atom. The largest absolute Gasteiger partial charge is 0.468 e. The quantitative estimate of drug-likeness (QED) is 0.727. The van der Waals surface area contributed by atoms with E-state index in [2.05, 4.69) is 14.9 Å². The monoisotopic (exact) mass is 261 g/mol. The molecule has 0 amide bonds. The second kappa shape index (κ2) is 5.78. The molecule has 1 N–H and O–H groups in total. The molecule has 0 aliphatic rings. The van der Waals surface area contributed by atoms with E-state index in [0.717, 1.165) is 4.31 Å². The smallest absolute Gasteiger partial charge is 0.321 e. The number of carbonyl (C=O) groups is 1. The van der Waals surface area contributed by atoms with Crippen molar-refractivity contribution in [2.75, 3.05) is 20.2 Å². The van der Waals surface area contributed by atoms with E-state index in [0.29, 0.717) is 6.42 Å². The van der Waals surface area contributed by atoms with E-state index in [-0.39, 0.29) is 18.0 Å². The van der Waals surface area contributed by atoms with Crippen LogP contribution < -0.4 is 0 Å². The van der Waals surface area contributed by atoms with Crippen molar-refractivity contribution in [2.24, 2.45) is 0 Å². The summed E-state index contributed by atoms with van der Waals surface area (Å²) in [6.07, 6.45) is 3.08. The molecule has 7 nitrogen and oxygen atoms in total. The van der Waals surface area contributed by atoms with Crippen LogP contribution in [0.15, 0.2) is 17.3 Å². The molecule has 0 saturated carbocycles. The first-order chi connectivity index (χ1) is 8.02. The van der Waals surface area contributed by atoms with Gasteiger partial charge in [-0.25, -0.2) is 8.42 Å². The van der Waals surface area contributed by atoms with Crippen LogP contribution in [0.25, 0.3) is 0 Å². The van der Waals surface area contributed by atoms with Crippen molar-refractivity contribution < 1.29 is 17.9 Å². The van der Waals surface area contributed by atoms with Crippen LogP contribution in [0.4, 0.5) is 0 Å². The summed E-state index contributed by atoms with van der Waals surface area (Å²) in [5, 5.41) is 6.01. The van der Waals surface area contributed by atoms with Gasteiger partial charge in [0, 0.05) is 12.7 Å². The van der Waals surface area contributed by atoms with Gasteiger partial charge < -0.3 is 4.74 Å². The summed E-state index contributed by atoms with van der Waals surface area (Å²) >= 11 is 0. The average molecular weight is 261 g/mol. The molecular formula is C9H15N3O4S. The minimum absolute atomic E-state index is 0.0369. The molecule has 17 heavy (non-hydrogen) atoms. The zero-order valence-corrected chi connectivity index (χ0v) is 10.5. The van der Waals surface area contributed by atoms with E-state index < -0.39 is 16.0 Å². The summed E-state index contributed by atoms with van der Waals surface area (Å²) < 4.78 is 29.7. The Kier molecular flexibility index (Phi) is 4.64. The van der Waals surface area contributed by atoms with Gasteiger partial charge in [-0.3, -0.25) is 9.89 Å². The Morgan fingerprint density at radius 3 is 2.76 bits per heavy atom. The van der Waals surface area contributed by atoms with Crippen LogP contribution in [-0.2, 0) is 19.6 Å². The third kappa shape index (κ3) is 3.27. The number of sulfonamides is 1. The highest BCUT2D eigenvalue weighted by molar-refractivity contribution is 7.89. The van der Waals surface area contributed by atoms with Gasteiger partial charge in [-0.05, 0) is 6.42 Å². The fourth-order valence-corrected chi connectivity index (χ4v) is 2.66. The summed E-state index contributed by atoms with van der Waals surface area (Å²) in [5.74, 6) is -0.592. The maximum absolute atomic E-state index is 12.1. The number of hydrogen-bond acceptors (Lipinski definition) is 5. The number of esters is 1. The molecule has 0 aliphatic heterocycles. The Hall–Kier alpha value is -1.41. The number of ether oxygens (including phenoxy) is 1. The van der Waals surface area contributed by atoms with Gasteiger partial charge >= 0.3 is 5.97 Å². The average Bonchev–Trinajstić information content (AvgIpc) is 2.82. The maximum Gasteiger partial charge on any atom is 0.321 e. The molecule has 1 aromatic heterocycles. The number of methoxy groups -OCH3 is 1. The fourth-order valence-electron chi connectivity index (χ4n) is 1.27. The van der Waals surface area contributed by atoms with Crippen LogP contribution in [0.5, 0.6) is 0 Å². The molecule has 0 aliphatic carbocycles. The molecule has 0 fully saturated rings. The van der Waals surface area contributed by atoms with Crippen molar-refractivity contribution in [2.45, 2.75) is 18.2 Å². The summed E-state index contributed by atoms with van der Waals surface area (Å²) in [5.41, 5.74) is 0. The predicted octanol–water partition coefficient (Wildman–Crippen LogP) is -0.0166. The minimum Gasteiger partial charge on any atom is -0.468 e. The first kappa shape index (κ1) is 13.7. The van der Waals surface area contributed by atoms with Crippen molar-refractivity contribution in [3.05, 3.63) is 12.4 Å². The van der Waals surface area contributed by atoms with Crippen LogP contribution in [0.2, 0.25) is 0 Å². The van der Waals surface area contributed by atoms with E-state index in [9.17, 15) is 13.2 Å². The van der Waals surface area contributed by atoms with Crippen LogP contribution in [-0.4, -0.2) is 49.1 Å². The molecule has 1 rings (SSSR count). The lowest BCUT2D eigenvalue weighted by atomic mass is 10.5. The number of H-pyrrole nitrogens is 1. The van der Waals surface area contributed by atoms with E-state index in [4.69, 9.17) is 0 Å². The molecule has 0 atom stereocenters. The molecule has 96 valence electrons. The normalized spacial score (nSPS) is 11.7. The number of rotatable bonds is 6. The molecule has 8 heteroatoms. The molecule has 0 bridgehead atoms. The second-order valence-corrected chi connectivity index (χ2v) is 5.29. The van der Waals surface area contributed by atoms with Gasteiger partial charge in [0.1, 0.15) is 11.4 Å². The number of nitrogens with zero attached hydrogens (tertiary/aromatic N) is 2. The van der Waals surface area contributed by atoms with E-state index in [1.807, 2.05) is 6.92 Å². The molecule has 0 unspecified atom stereocenters. The number of nitrogens with one attached hydrogen (secondary N) is 1. The Morgan fingerprint density at radius 1 is 1.59 bits per heavy atom. The zero-order valence-electron chi connectivity index (χ0n) is 9.71. The first-order valence-electron chi connectivity index (χ1n) is 5.08. The summed E-state index contributed by atoms with van der Waals surface area (Å²) in [4.78, 5) is 11.2. The van der Waals surface area contributed by atoms with Crippen LogP contribution in [0.3, 0.4) is 0 Å². The van der Waals surface area contributed by atoms with E-state index >= 15 is 0 Å². The van der Waals surface area contributed by atoms with Crippen molar-refractivity contribution in [3.63, 3.8) is 0 Å². The zero-order chi connectivity index (χ0) is 12.9. The fraction of sp³-hybridized carbons (Fsp3) is 0.556. The Labute approximate surface area is 99.8 Å². The third-order valence-corrected chi connectivity index (χ3v) is 3.93. The molecule has 0 spiro atoms. The van der Waals surface area contributed by atoms with E-state index in [1.54, 1.807) is 0 Å². The van der Waals surface area contributed by atoms with Gasteiger partial charge in [0.25, 0.3) is 0 Å². The molecular weight excluding hydrogens is 246 g/mol. The van der Waals surface area contributed by atoms with Gasteiger partial charge in [0.15, 0.2) is 0 Å². The van der Waals surface area contributed by atoms with Crippen molar-refractivity contribution >= 4 is 16.0 Å². The second-order valence-electron chi connectivity index (χ2n) is 3.35. The minimum atomic E-state index is -3.69. The summed E-state index contributed by atoms with van der Waals surface area (Å²) in [6, 6.07) is 0. The third-order valence-electron chi connectivity index (χ3n) is 2.12. The van der Waals surface area contributed by atoms with Crippen molar-refractivity contribution in [1.82, 2.24) is 14.5 Å². The van der Waals surface area contributed by atoms with Gasteiger partial charge in [0.2, 0.25) is 10.0 Å². The summed E-state index contributed by atoms with van der Waals surface area (Å²) in [7, 11) is -2.47. The molecule has 0 saturated heterocycles. The van der Waals surface area contributed by atoms with Gasteiger partial charge in [-0.15, -0.1) is 0 Å². The first-order valence-corrected chi connectivity index (χ1v) is 6.52. The van der Waals surface area contributed by atoms with Gasteiger partial charge in [-0.1, -0.05) is 6.92 Å². The van der Waals surface area contributed by atoms with E-state index in [1.165, 1.54) is 19.5 Å². The number of aromatic nitrogens is 2. The lowest BCUT2D eigenvalue weighted by Crippen LogP contribution is -2.36. The Bertz CT molecular complexity index is 455. The highest BCUT2D eigenvalue weighted by atomic mass is 32.2. The molecule has 0 radical (unpaired) electrons. The van der Waals surface area contributed by atoms with Gasteiger partial charge in [0.05, 0.1) is 13.3 Å². The van der Waals surface area contributed by atoms with Crippen molar-refractivity contribution in [1.29, 1.82) is 0 Å². The SMILES string of the molecule is CCCN(CC(=O)OC)S(=O)(=O)c1cn[nH]c1. The Balaban J connectivity index is 2.94. The maximum atomic E-state index is 12.1. The number of hydrogen-bond donors (Lipinski definition) is 1. The highest BCUT2D eigenvalue weighted by Crippen LogP contribution is 2.13. The molecule has 1 heterocycles. The van der Waals surface area contributed by atoms with Crippen LogP contribution in [0, 0.1) is 0 Å². The van der Waals surface area contributed by atoms with Gasteiger partial charge in [-0.2, -0.15) is 9.40 Å². The topological polar surface area (TPSA) is 92.4 Å². The predicted molar refractivity (Wildman–Crippen MR) is 59.7 cm³/mol. The standard InChI is InChI=1S/C9H15N3O4S/c1-3-4-12(7-9(13)16-2)17(14,15)8-5-10-11-6-8/h5-6H,3-4,7H2,1-2H3,(H,10,11). The lowest BCUT2D eigenvalue weighted by molar-refractivity contribution is -0.140. The van der Waals surface area contributed by atoms with Crippen LogP contribution in [0.1, 0.15) is 13.3 Å². The number of aromatic amines is 1. The van der Waals surface area contributed by atoms with Crippen molar-refractivity contribution in [3.8, 4) is 0 Å². The molecule has 1 aromatic rings. The van der Waals surface area contributed by atoms with Crippen LogP contribution >= 0.6 is 0 Å². The highest BCUT2D eigenvalue weighted by Gasteiger charge is 2.26. The lowest BCUT2D eigenvalue weighted by Gasteiger charge is -2.19. The number of carbonyl (C=O) groups excluding carboxylic acids is 1. The molecule has 0 aromatic carbocycles.